The molecule has 0 aliphatic carbocycles. The van der Waals surface area contributed by atoms with Crippen molar-refractivity contribution < 1.29 is 9.59 Å². The Hall–Kier alpha value is -2.69. The summed E-state index contributed by atoms with van der Waals surface area (Å²) in [6, 6.07) is 15.9. The van der Waals surface area contributed by atoms with E-state index in [0.717, 1.165) is 36.9 Å². The molecule has 2 aromatic rings. The number of hydrogen-bond donors (Lipinski definition) is 0. The monoisotopic (exact) mass is 377 g/mol. The maximum absolute atomic E-state index is 13.2. The summed E-state index contributed by atoms with van der Waals surface area (Å²) in [5, 5.41) is 0. The van der Waals surface area contributed by atoms with Crippen molar-refractivity contribution in [2.45, 2.75) is 57.7 Å². The molecule has 2 aliphatic heterocycles. The van der Waals surface area contributed by atoms with Crippen molar-refractivity contribution in [1.82, 2.24) is 14.8 Å². The lowest BCUT2D eigenvalue weighted by molar-refractivity contribution is -0.135. The van der Waals surface area contributed by atoms with Crippen LogP contribution in [-0.2, 0) is 11.3 Å². The highest BCUT2D eigenvalue weighted by Crippen LogP contribution is 2.32. The number of aryl methyl sites for hydroxylation is 1. The summed E-state index contributed by atoms with van der Waals surface area (Å²) in [5.41, 5.74) is 2.49. The van der Waals surface area contributed by atoms with Gasteiger partial charge in [-0.2, -0.15) is 0 Å². The number of benzene rings is 1. The molecule has 2 fully saturated rings. The summed E-state index contributed by atoms with van der Waals surface area (Å²) < 4.78 is 0. The molecule has 146 valence electrons. The second-order valence-electron chi connectivity index (χ2n) is 7.84. The van der Waals surface area contributed by atoms with Gasteiger partial charge in [-0.3, -0.25) is 9.59 Å². The van der Waals surface area contributed by atoms with Gasteiger partial charge in [0.15, 0.2) is 0 Å². The standard InChI is InChI=1S/C23H27N3O2/c1-17-8-7-11-19(24-17)23(28)25-15-14-21-20(25)12-5-6-13-22(27)26(21)16-18-9-3-2-4-10-18/h2-4,7-11,20-21H,5-6,12-16H2,1H3/t20-,21+/m1/s1. The van der Waals surface area contributed by atoms with Crippen LogP contribution in [0.2, 0.25) is 0 Å². The van der Waals surface area contributed by atoms with Crippen LogP contribution >= 0.6 is 0 Å². The molecule has 0 saturated carbocycles. The molecular formula is C23H27N3O2. The lowest BCUT2D eigenvalue weighted by atomic mass is 9.96. The number of nitrogens with zero attached hydrogens (tertiary/aromatic N) is 3. The van der Waals surface area contributed by atoms with E-state index < -0.39 is 0 Å². The van der Waals surface area contributed by atoms with Gasteiger partial charge in [-0.05, 0) is 43.9 Å². The number of carbonyl (C=O) groups is 2. The van der Waals surface area contributed by atoms with E-state index in [9.17, 15) is 9.59 Å². The zero-order valence-electron chi connectivity index (χ0n) is 16.4. The average molecular weight is 377 g/mol. The Balaban J connectivity index is 1.59. The first-order chi connectivity index (χ1) is 13.6. The molecule has 0 radical (unpaired) electrons. The van der Waals surface area contributed by atoms with Crippen LogP contribution in [0.1, 0.15) is 53.8 Å². The topological polar surface area (TPSA) is 53.5 Å². The van der Waals surface area contributed by atoms with Crippen molar-refractivity contribution in [2.24, 2.45) is 0 Å². The Morgan fingerprint density at radius 2 is 1.86 bits per heavy atom. The van der Waals surface area contributed by atoms with Gasteiger partial charge in [0.25, 0.3) is 5.91 Å². The third-order valence-electron chi connectivity index (χ3n) is 5.94. The van der Waals surface area contributed by atoms with Gasteiger partial charge in [0, 0.05) is 25.2 Å². The number of likely N-dealkylation sites (tertiary alicyclic amines) is 2. The lowest BCUT2D eigenvalue weighted by Gasteiger charge is -2.37. The van der Waals surface area contributed by atoms with Crippen LogP contribution in [0.5, 0.6) is 0 Å². The number of hydrogen-bond acceptors (Lipinski definition) is 3. The highest BCUT2D eigenvalue weighted by atomic mass is 16.2. The van der Waals surface area contributed by atoms with Crippen molar-refractivity contribution in [1.29, 1.82) is 0 Å². The minimum Gasteiger partial charge on any atom is -0.333 e. The summed E-state index contributed by atoms with van der Waals surface area (Å²) in [5.74, 6) is 0.199. The van der Waals surface area contributed by atoms with E-state index in [2.05, 4.69) is 17.1 Å². The average Bonchev–Trinajstić information content (AvgIpc) is 3.11. The number of rotatable bonds is 3. The lowest BCUT2D eigenvalue weighted by Crippen LogP contribution is -2.49. The van der Waals surface area contributed by atoms with E-state index in [4.69, 9.17) is 0 Å². The SMILES string of the molecule is Cc1cccc(C(=O)N2CC[C@H]3[C@H]2CCCCC(=O)N3Cc2ccccc2)n1. The van der Waals surface area contributed by atoms with Crippen molar-refractivity contribution in [3.63, 3.8) is 0 Å². The van der Waals surface area contributed by atoms with Gasteiger partial charge in [0.1, 0.15) is 5.69 Å². The van der Waals surface area contributed by atoms with Crippen LogP contribution in [-0.4, -0.2) is 45.2 Å². The van der Waals surface area contributed by atoms with Gasteiger partial charge in [0.2, 0.25) is 5.91 Å². The Bertz CT molecular complexity index is 852. The first-order valence-electron chi connectivity index (χ1n) is 10.2. The largest absolute Gasteiger partial charge is 0.333 e. The van der Waals surface area contributed by atoms with Gasteiger partial charge in [-0.25, -0.2) is 4.98 Å². The summed E-state index contributed by atoms with van der Waals surface area (Å²) in [6.45, 7) is 3.20. The van der Waals surface area contributed by atoms with Gasteiger partial charge in [0.05, 0.1) is 12.1 Å². The van der Waals surface area contributed by atoms with E-state index in [1.165, 1.54) is 0 Å². The molecule has 2 amide bonds. The van der Waals surface area contributed by atoms with Crippen LogP contribution in [0.3, 0.4) is 0 Å². The molecule has 0 bridgehead atoms. The van der Waals surface area contributed by atoms with Gasteiger partial charge < -0.3 is 9.80 Å². The molecule has 1 aromatic carbocycles. The molecule has 0 N–H and O–H groups in total. The second-order valence-corrected chi connectivity index (χ2v) is 7.84. The van der Waals surface area contributed by atoms with Crippen LogP contribution in [0.25, 0.3) is 0 Å². The number of fused-ring (bicyclic) bond motifs is 1. The van der Waals surface area contributed by atoms with Crippen LogP contribution in [0.4, 0.5) is 0 Å². The maximum Gasteiger partial charge on any atom is 0.272 e. The third kappa shape index (κ3) is 3.79. The minimum atomic E-state index is -0.0103. The second kappa shape index (κ2) is 8.13. The van der Waals surface area contributed by atoms with Gasteiger partial charge in [-0.15, -0.1) is 0 Å². The fourth-order valence-corrected chi connectivity index (χ4v) is 4.55. The van der Waals surface area contributed by atoms with E-state index in [-0.39, 0.29) is 23.9 Å². The van der Waals surface area contributed by atoms with Crippen LogP contribution in [0.15, 0.2) is 48.5 Å². The van der Waals surface area contributed by atoms with Crippen LogP contribution < -0.4 is 0 Å². The Morgan fingerprint density at radius 1 is 1.04 bits per heavy atom. The number of aromatic nitrogens is 1. The predicted molar refractivity (Wildman–Crippen MR) is 108 cm³/mol. The van der Waals surface area contributed by atoms with Crippen molar-refractivity contribution in [3.8, 4) is 0 Å². The zero-order chi connectivity index (χ0) is 19.5. The quantitative estimate of drug-likeness (QED) is 0.822. The molecule has 2 atom stereocenters. The minimum absolute atomic E-state index is 0.0103. The zero-order valence-corrected chi connectivity index (χ0v) is 16.4. The smallest absolute Gasteiger partial charge is 0.272 e. The van der Waals surface area contributed by atoms with Crippen molar-refractivity contribution >= 4 is 11.8 Å². The molecule has 5 heteroatoms. The predicted octanol–water partition coefficient (Wildman–Crippen LogP) is 3.58. The van der Waals surface area contributed by atoms with Crippen molar-refractivity contribution in [3.05, 3.63) is 65.5 Å². The first-order valence-corrected chi connectivity index (χ1v) is 10.2. The molecule has 4 rings (SSSR count). The molecule has 3 heterocycles. The van der Waals surface area contributed by atoms with E-state index in [0.29, 0.717) is 25.2 Å². The fourth-order valence-electron chi connectivity index (χ4n) is 4.55. The molecule has 0 unspecified atom stereocenters. The van der Waals surface area contributed by atoms with E-state index in [1.807, 2.05) is 47.1 Å². The van der Waals surface area contributed by atoms with Gasteiger partial charge in [-0.1, -0.05) is 42.8 Å². The van der Waals surface area contributed by atoms with Crippen molar-refractivity contribution in [2.75, 3.05) is 6.54 Å². The van der Waals surface area contributed by atoms with Gasteiger partial charge >= 0.3 is 0 Å². The molecule has 2 aliphatic rings. The number of pyridine rings is 1. The summed E-state index contributed by atoms with van der Waals surface area (Å²) in [4.78, 5) is 34.5. The number of amides is 2. The Labute approximate surface area is 166 Å². The van der Waals surface area contributed by atoms with Crippen LogP contribution in [0, 0.1) is 6.92 Å². The molecule has 0 spiro atoms. The molecular weight excluding hydrogens is 350 g/mol. The fraction of sp³-hybridized carbons (Fsp3) is 0.435. The Morgan fingerprint density at radius 3 is 2.64 bits per heavy atom. The third-order valence-corrected chi connectivity index (χ3v) is 5.94. The summed E-state index contributed by atoms with van der Waals surface area (Å²) in [7, 11) is 0. The summed E-state index contributed by atoms with van der Waals surface area (Å²) in [6.07, 6.45) is 4.25. The number of carbonyl (C=O) groups excluding carboxylic acids is 2. The highest BCUT2D eigenvalue weighted by Gasteiger charge is 2.42. The normalized spacial score (nSPS) is 22.5. The van der Waals surface area contributed by atoms with E-state index >= 15 is 0 Å². The molecule has 28 heavy (non-hydrogen) atoms. The highest BCUT2D eigenvalue weighted by molar-refractivity contribution is 5.93. The Kier molecular flexibility index (Phi) is 5.42. The molecule has 1 aromatic heterocycles. The molecule has 5 nitrogen and oxygen atoms in total. The summed E-state index contributed by atoms with van der Waals surface area (Å²) >= 11 is 0. The van der Waals surface area contributed by atoms with E-state index in [1.54, 1.807) is 6.07 Å². The molecule has 2 saturated heterocycles. The maximum atomic E-state index is 13.2. The first kappa shape index (κ1) is 18.7.